The number of hydrogen-bond donors (Lipinski definition) is 1. The summed E-state index contributed by atoms with van der Waals surface area (Å²) in [6, 6.07) is 7.39. The first-order chi connectivity index (χ1) is 11.2. The maximum atomic E-state index is 12.5. The average molecular weight is 337 g/mol. The molecule has 1 aliphatic carbocycles. The van der Waals surface area contributed by atoms with Crippen LogP contribution in [0.4, 0.5) is 0 Å². The summed E-state index contributed by atoms with van der Waals surface area (Å²) in [5.74, 6) is 0.818. The highest BCUT2D eigenvalue weighted by atomic mass is 32.2. The van der Waals surface area contributed by atoms with E-state index < -0.39 is 10.0 Å². The second-order valence-electron chi connectivity index (χ2n) is 6.89. The number of benzene rings is 1. The molecular weight excluding hydrogens is 308 g/mol. The molecule has 1 aliphatic heterocycles. The minimum absolute atomic E-state index is 0.426. The Morgan fingerprint density at radius 3 is 2.26 bits per heavy atom. The predicted molar refractivity (Wildman–Crippen MR) is 92.7 cm³/mol. The Morgan fingerprint density at radius 2 is 1.61 bits per heavy atom. The zero-order valence-electron chi connectivity index (χ0n) is 13.8. The molecule has 23 heavy (non-hydrogen) atoms. The van der Waals surface area contributed by atoms with Crippen molar-refractivity contribution >= 4 is 10.0 Å². The Labute approximate surface area is 140 Å². The Kier molecular flexibility index (Phi) is 5.72. The van der Waals surface area contributed by atoms with E-state index in [1.807, 2.05) is 12.1 Å². The van der Waals surface area contributed by atoms with Gasteiger partial charge in [0.15, 0.2) is 0 Å². The number of nitrogens with zero attached hydrogens (tertiary/aromatic N) is 1. The number of nitrogens with one attached hydrogen (secondary N) is 1. The van der Waals surface area contributed by atoms with Crippen LogP contribution in [0, 0.1) is 5.92 Å². The van der Waals surface area contributed by atoms with Gasteiger partial charge in [0, 0.05) is 19.6 Å². The minimum atomic E-state index is -3.28. The molecule has 0 spiro atoms. The first kappa shape index (κ1) is 16.9. The highest BCUT2D eigenvalue weighted by Gasteiger charge is 2.26. The van der Waals surface area contributed by atoms with Gasteiger partial charge in [0.1, 0.15) is 0 Å². The van der Waals surface area contributed by atoms with Gasteiger partial charge < -0.3 is 5.32 Å². The molecule has 3 rings (SSSR count). The van der Waals surface area contributed by atoms with Gasteiger partial charge >= 0.3 is 0 Å². The van der Waals surface area contributed by atoms with Gasteiger partial charge in [0.25, 0.3) is 0 Å². The second-order valence-corrected chi connectivity index (χ2v) is 8.83. The molecule has 2 aliphatic rings. The minimum Gasteiger partial charge on any atom is -0.312 e. The van der Waals surface area contributed by atoms with E-state index in [4.69, 9.17) is 0 Å². The molecule has 1 heterocycles. The summed E-state index contributed by atoms with van der Waals surface area (Å²) in [5, 5.41) is 3.52. The normalized spacial score (nSPS) is 20.9. The quantitative estimate of drug-likeness (QED) is 0.868. The number of sulfonamides is 1. The fourth-order valence-corrected chi connectivity index (χ4v) is 5.19. The lowest BCUT2D eigenvalue weighted by atomic mass is 9.89. The van der Waals surface area contributed by atoms with Crippen LogP contribution in [0.15, 0.2) is 29.2 Å². The van der Waals surface area contributed by atoms with Gasteiger partial charge in [-0.05, 0) is 55.8 Å². The van der Waals surface area contributed by atoms with Gasteiger partial charge in [-0.1, -0.05) is 31.4 Å². The zero-order valence-corrected chi connectivity index (χ0v) is 14.7. The molecule has 0 atom stereocenters. The van der Waals surface area contributed by atoms with Crippen LogP contribution in [0.25, 0.3) is 0 Å². The Morgan fingerprint density at radius 1 is 0.957 bits per heavy atom. The lowest BCUT2D eigenvalue weighted by Crippen LogP contribution is -2.28. The molecule has 0 radical (unpaired) electrons. The maximum absolute atomic E-state index is 12.5. The Balaban J connectivity index is 1.52. The topological polar surface area (TPSA) is 49.4 Å². The summed E-state index contributed by atoms with van der Waals surface area (Å²) in [6.07, 6.45) is 8.78. The highest BCUT2D eigenvalue weighted by molar-refractivity contribution is 7.89. The molecule has 128 valence electrons. The lowest BCUT2D eigenvalue weighted by molar-refractivity contribution is 0.342. The first-order valence-electron chi connectivity index (χ1n) is 8.96. The van der Waals surface area contributed by atoms with Crippen molar-refractivity contribution in [3.05, 3.63) is 29.8 Å². The molecular formula is C18H28N2O2S. The van der Waals surface area contributed by atoms with Crippen LogP contribution in [-0.2, 0) is 16.6 Å². The molecule has 0 unspecified atom stereocenters. The van der Waals surface area contributed by atoms with Crippen molar-refractivity contribution in [1.29, 1.82) is 0 Å². The average Bonchev–Trinajstić information content (AvgIpc) is 3.12. The molecule has 4 nitrogen and oxygen atoms in total. The Bertz CT molecular complexity index is 586. The SMILES string of the molecule is O=S(=O)(c1ccc(CNCC2CCCCC2)cc1)N1CCCC1. The van der Waals surface area contributed by atoms with Crippen molar-refractivity contribution in [2.75, 3.05) is 19.6 Å². The van der Waals surface area contributed by atoms with Crippen molar-refractivity contribution in [2.24, 2.45) is 5.92 Å². The predicted octanol–water partition coefficient (Wildman–Crippen LogP) is 3.14. The molecule has 1 N–H and O–H groups in total. The molecule has 1 saturated heterocycles. The number of rotatable bonds is 6. The third kappa shape index (κ3) is 4.34. The van der Waals surface area contributed by atoms with E-state index >= 15 is 0 Å². The van der Waals surface area contributed by atoms with Crippen LogP contribution in [0.5, 0.6) is 0 Å². The first-order valence-corrected chi connectivity index (χ1v) is 10.4. The smallest absolute Gasteiger partial charge is 0.243 e. The van der Waals surface area contributed by atoms with E-state index in [1.165, 1.54) is 32.1 Å². The van der Waals surface area contributed by atoms with Crippen LogP contribution in [0.1, 0.15) is 50.5 Å². The molecule has 1 aromatic carbocycles. The van der Waals surface area contributed by atoms with Gasteiger partial charge in [-0.2, -0.15) is 4.31 Å². The van der Waals surface area contributed by atoms with E-state index in [0.29, 0.717) is 18.0 Å². The largest absolute Gasteiger partial charge is 0.312 e. The molecule has 5 heteroatoms. The van der Waals surface area contributed by atoms with E-state index in [9.17, 15) is 8.42 Å². The van der Waals surface area contributed by atoms with E-state index in [2.05, 4.69) is 5.32 Å². The fourth-order valence-electron chi connectivity index (χ4n) is 3.67. The molecule has 0 aromatic heterocycles. The third-order valence-corrected chi connectivity index (χ3v) is 7.03. The lowest BCUT2D eigenvalue weighted by Gasteiger charge is -2.21. The standard InChI is InChI=1S/C18H28N2O2S/c21-23(22,20-12-4-5-13-20)18-10-8-17(9-11-18)15-19-14-16-6-2-1-3-7-16/h8-11,16,19H,1-7,12-15H2. The van der Waals surface area contributed by atoms with Crippen molar-refractivity contribution < 1.29 is 8.42 Å². The maximum Gasteiger partial charge on any atom is 0.243 e. The fraction of sp³-hybridized carbons (Fsp3) is 0.667. The van der Waals surface area contributed by atoms with Crippen molar-refractivity contribution in [3.8, 4) is 0 Å². The van der Waals surface area contributed by atoms with Crippen molar-refractivity contribution in [1.82, 2.24) is 9.62 Å². The van der Waals surface area contributed by atoms with Crippen molar-refractivity contribution in [2.45, 2.75) is 56.4 Å². The van der Waals surface area contributed by atoms with Gasteiger partial charge in [0.05, 0.1) is 4.90 Å². The van der Waals surface area contributed by atoms with Gasteiger partial charge in [-0.15, -0.1) is 0 Å². The molecule has 0 bridgehead atoms. The molecule has 1 aromatic rings. The number of hydrogen-bond acceptors (Lipinski definition) is 3. The van der Waals surface area contributed by atoms with Gasteiger partial charge in [-0.25, -0.2) is 8.42 Å². The second kappa shape index (κ2) is 7.77. The summed E-state index contributed by atoms with van der Waals surface area (Å²) in [5.41, 5.74) is 1.15. The molecule has 0 amide bonds. The van der Waals surface area contributed by atoms with E-state index in [0.717, 1.165) is 37.4 Å². The third-order valence-electron chi connectivity index (χ3n) is 5.11. The van der Waals surface area contributed by atoms with Crippen LogP contribution >= 0.6 is 0 Å². The van der Waals surface area contributed by atoms with Crippen molar-refractivity contribution in [3.63, 3.8) is 0 Å². The summed E-state index contributed by atoms with van der Waals surface area (Å²) in [6.45, 7) is 3.22. The zero-order chi connectivity index (χ0) is 16.1. The van der Waals surface area contributed by atoms with Crippen LogP contribution in [0.3, 0.4) is 0 Å². The van der Waals surface area contributed by atoms with Crippen LogP contribution in [0.2, 0.25) is 0 Å². The van der Waals surface area contributed by atoms with Gasteiger partial charge in [0.2, 0.25) is 10.0 Å². The summed E-state index contributed by atoms with van der Waals surface area (Å²) >= 11 is 0. The summed E-state index contributed by atoms with van der Waals surface area (Å²) < 4.78 is 26.6. The summed E-state index contributed by atoms with van der Waals surface area (Å²) in [7, 11) is -3.28. The molecule has 2 fully saturated rings. The van der Waals surface area contributed by atoms with Crippen LogP contribution in [-0.4, -0.2) is 32.4 Å². The summed E-state index contributed by atoms with van der Waals surface area (Å²) in [4.78, 5) is 0.426. The van der Waals surface area contributed by atoms with Crippen LogP contribution < -0.4 is 5.32 Å². The van der Waals surface area contributed by atoms with Gasteiger partial charge in [-0.3, -0.25) is 0 Å². The van der Waals surface area contributed by atoms with E-state index in [-0.39, 0.29) is 0 Å². The van der Waals surface area contributed by atoms with E-state index in [1.54, 1.807) is 16.4 Å². The highest BCUT2D eigenvalue weighted by Crippen LogP contribution is 2.23. The molecule has 1 saturated carbocycles. The Hall–Kier alpha value is -0.910. The monoisotopic (exact) mass is 336 g/mol.